The fraction of sp³-hybridized carbons (Fsp3) is 0.517. The number of ether oxygens (including phenoxy) is 3. The summed E-state index contributed by atoms with van der Waals surface area (Å²) in [5.41, 5.74) is 2.33. The minimum Gasteiger partial charge on any atom is -0.469 e. The Bertz CT molecular complexity index is 976. The van der Waals surface area contributed by atoms with Gasteiger partial charge in [-0.3, -0.25) is 9.59 Å². The van der Waals surface area contributed by atoms with Crippen LogP contribution in [-0.2, 0) is 19.0 Å². The maximum absolute atomic E-state index is 13.0. The molecule has 0 unspecified atom stereocenters. The van der Waals surface area contributed by atoms with E-state index in [0.29, 0.717) is 42.0 Å². The van der Waals surface area contributed by atoms with Crippen molar-refractivity contribution in [3.05, 3.63) is 70.2 Å². The van der Waals surface area contributed by atoms with Gasteiger partial charge < -0.3 is 19.5 Å². The fourth-order valence-corrected chi connectivity index (χ4v) is 4.81. The lowest BCUT2D eigenvalue weighted by Gasteiger charge is -2.26. The lowest BCUT2D eigenvalue weighted by molar-refractivity contribution is -0.141. The summed E-state index contributed by atoms with van der Waals surface area (Å²) >= 11 is 6.25. The number of hydrogen-bond donors (Lipinski definition) is 1. The van der Waals surface area contributed by atoms with Crippen molar-refractivity contribution in [1.29, 1.82) is 0 Å². The molecule has 1 N–H and O–H groups in total. The van der Waals surface area contributed by atoms with E-state index in [1.165, 1.54) is 13.5 Å². The van der Waals surface area contributed by atoms with Crippen molar-refractivity contribution >= 4 is 23.5 Å². The Labute approximate surface area is 219 Å². The van der Waals surface area contributed by atoms with Crippen LogP contribution in [0.3, 0.4) is 0 Å². The van der Waals surface area contributed by atoms with Crippen LogP contribution in [0.4, 0.5) is 0 Å². The van der Waals surface area contributed by atoms with Crippen molar-refractivity contribution in [3.8, 4) is 0 Å². The van der Waals surface area contributed by atoms with E-state index >= 15 is 0 Å². The van der Waals surface area contributed by atoms with E-state index in [9.17, 15) is 9.59 Å². The lowest BCUT2D eigenvalue weighted by Crippen LogP contribution is -2.31. The van der Waals surface area contributed by atoms with Crippen LogP contribution < -0.4 is 5.32 Å². The van der Waals surface area contributed by atoms with E-state index in [-0.39, 0.29) is 18.3 Å². The highest BCUT2D eigenvalue weighted by molar-refractivity contribution is 6.30. The molecular weight excluding hydrogens is 478 g/mol. The molecule has 1 aliphatic rings. The van der Waals surface area contributed by atoms with Gasteiger partial charge >= 0.3 is 5.97 Å². The second-order valence-electron chi connectivity index (χ2n) is 9.41. The highest BCUT2D eigenvalue weighted by atomic mass is 35.5. The molecule has 0 spiro atoms. The third-order valence-corrected chi connectivity index (χ3v) is 6.93. The van der Waals surface area contributed by atoms with Gasteiger partial charge in [0, 0.05) is 43.4 Å². The van der Waals surface area contributed by atoms with E-state index in [0.717, 1.165) is 43.6 Å². The Kier molecular flexibility index (Phi) is 11.7. The van der Waals surface area contributed by atoms with Crippen LogP contribution in [0.1, 0.15) is 73.0 Å². The summed E-state index contributed by atoms with van der Waals surface area (Å²) in [7, 11) is 1.38. The maximum atomic E-state index is 13.0. The van der Waals surface area contributed by atoms with Gasteiger partial charge in [-0.1, -0.05) is 49.2 Å². The number of methoxy groups -OCH3 is 1. The van der Waals surface area contributed by atoms with Crippen molar-refractivity contribution in [3.63, 3.8) is 0 Å². The third kappa shape index (κ3) is 8.91. The van der Waals surface area contributed by atoms with Crippen molar-refractivity contribution in [2.24, 2.45) is 11.8 Å². The van der Waals surface area contributed by atoms with E-state index in [4.69, 9.17) is 25.8 Å². The molecule has 196 valence electrons. The van der Waals surface area contributed by atoms with E-state index in [1.54, 1.807) is 0 Å². The normalized spacial score (nSPS) is 17.2. The minimum atomic E-state index is -0.413. The smallest absolute Gasteiger partial charge is 0.305 e. The molecule has 0 radical (unpaired) electrons. The molecule has 7 heteroatoms. The minimum absolute atomic E-state index is 0.0919. The monoisotopic (exact) mass is 515 g/mol. The molecule has 0 saturated carbocycles. The van der Waals surface area contributed by atoms with Crippen LogP contribution in [-0.4, -0.2) is 45.4 Å². The fourth-order valence-electron chi connectivity index (χ4n) is 4.62. The summed E-state index contributed by atoms with van der Waals surface area (Å²) < 4.78 is 16.5. The molecule has 0 bridgehead atoms. The van der Waals surface area contributed by atoms with Crippen LogP contribution >= 0.6 is 11.6 Å². The predicted molar refractivity (Wildman–Crippen MR) is 141 cm³/mol. The number of halogens is 1. The van der Waals surface area contributed by atoms with E-state index < -0.39 is 6.10 Å². The molecule has 1 aliphatic heterocycles. The van der Waals surface area contributed by atoms with Crippen molar-refractivity contribution < 1.29 is 23.8 Å². The van der Waals surface area contributed by atoms with Crippen LogP contribution in [0.25, 0.3) is 0 Å². The summed E-state index contributed by atoms with van der Waals surface area (Å²) in [5.74, 6) is 0.656. The molecule has 1 fully saturated rings. The zero-order valence-corrected chi connectivity index (χ0v) is 22.1. The first-order chi connectivity index (χ1) is 17.5. The first-order valence-electron chi connectivity index (χ1n) is 12.9. The van der Waals surface area contributed by atoms with Gasteiger partial charge in [-0.05, 0) is 72.9 Å². The highest BCUT2D eigenvalue weighted by Crippen LogP contribution is 2.29. The number of benzene rings is 2. The number of hydrogen-bond acceptors (Lipinski definition) is 5. The van der Waals surface area contributed by atoms with Gasteiger partial charge in [0.1, 0.15) is 6.10 Å². The van der Waals surface area contributed by atoms with Crippen LogP contribution in [0.15, 0.2) is 48.5 Å². The predicted octanol–water partition coefficient (Wildman–Crippen LogP) is 5.97. The zero-order valence-electron chi connectivity index (χ0n) is 21.3. The second-order valence-corrected chi connectivity index (χ2v) is 9.85. The number of nitrogens with one attached hydrogen (secondary N) is 1. The molecule has 1 heterocycles. The third-order valence-electron chi connectivity index (χ3n) is 6.69. The molecule has 1 saturated heterocycles. The molecular formula is C29H38ClNO5. The largest absolute Gasteiger partial charge is 0.469 e. The Balaban J connectivity index is 1.66. The Hall–Kier alpha value is -2.41. The molecule has 1 amide bonds. The van der Waals surface area contributed by atoms with E-state index in [1.807, 2.05) is 48.5 Å². The van der Waals surface area contributed by atoms with Crippen LogP contribution in [0.2, 0.25) is 5.02 Å². The topological polar surface area (TPSA) is 73.9 Å². The number of rotatable bonds is 13. The van der Waals surface area contributed by atoms with Crippen molar-refractivity contribution in [2.75, 3.05) is 33.5 Å². The van der Waals surface area contributed by atoms with Gasteiger partial charge in [-0.15, -0.1) is 0 Å². The molecule has 3 atom stereocenters. The molecule has 2 aromatic rings. The summed E-state index contributed by atoms with van der Waals surface area (Å²) in [5, 5.41) is 3.74. The number of carbonyl (C=O) groups is 2. The summed E-state index contributed by atoms with van der Waals surface area (Å²) in [6.07, 6.45) is 4.83. The van der Waals surface area contributed by atoms with Gasteiger partial charge in [0.15, 0.2) is 0 Å². The molecule has 36 heavy (non-hydrogen) atoms. The quantitative estimate of drug-likeness (QED) is 0.263. The summed E-state index contributed by atoms with van der Waals surface area (Å²) in [6.45, 7) is 4.89. The van der Waals surface area contributed by atoms with Gasteiger partial charge in [-0.2, -0.15) is 0 Å². The van der Waals surface area contributed by atoms with Gasteiger partial charge in [0.25, 0.3) is 5.91 Å². The molecule has 6 nitrogen and oxygen atoms in total. The Morgan fingerprint density at radius 1 is 1.17 bits per heavy atom. The Morgan fingerprint density at radius 2 is 1.94 bits per heavy atom. The van der Waals surface area contributed by atoms with Gasteiger partial charge in [-0.25, -0.2) is 0 Å². The van der Waals surface area contributed by atoms with Gasteiger partial charge in [0.05, 0.1) is 7.11 Å². The average Bonchev–Trinajstić information content (AvgIpc) is 2.91. The molecule has 0 aliphatic carbocycles. The average molecular weight is 516 g/mol. The highest BCUT2D eigenvalue weighted by Gasteiger charge is 2.21. The zero-order chi connectivity index (χ0) is 25.8. The number of carbonyl (C=O) groups excluding carboxylic acids is 2. The summed E-state index contributed by atoms with van der Waals surface area (Å²) in [4.78, 5) is 24.5. The van der Waals surface area contributed by atoms with Gasteiger partial charge in [0.2, 0.25) is 0 Å². The summed E-state index contributed by atoms with van der Waals surface area (Å²) in [6, 6.07) is 15.0. The number of esters is 1. The van der Waals surface area contributed by atoms with Crippen molar-refractivity contribution in [2.45, 2.75) is 51.6 Å². The maximum Gasteiger partial charge on any atom is 0.305 e. The Morgan fingerprint density at radius 3 is 2.64 bits per heavy atom. The molecule has 0 aromatic heterocycles. The first kappa shape index (κ1) is 28.2. The van der Waals surface area contributed by atoms with Crippen molar-refractivity contribution in [1.82, 2.24) is 5.32 Å². The first-order valence-corrected chi connectivity index (χ1v) is 13.3. The lowest BCUT2D eigenvalue weighted by atomic mass is 9.89. The molecule has 3 rings (SSSR count). The number of amides is 1. The SMILES string of the molecule is CC[C@@H](CNC(=O)c1cccc([C@@H](OCCCC(=O)OC)c2cccc(Cl)c2)c1)C[C@H]1CCCOC1. The van der Waals surface area contributed by atoms with Crippen LogP contribution in [0.5, 0.6) is 0 Å². The van der Waals surface area contributed by atoms with E-state index in [2.05, 4.69) is 12.2 Å². The van der Waals surface area contributed by atoms with Crippen LogP contribution in [0, 0.1) is 11.8 Å². The molecule has 2 aromatic carbocycles. The second kappa shape index (κ2) is 15.0. The standard InChI is InChI=1S/C29H38ClNO5/c1-3-21(16-22-8-6-14-35-20-22)19-31-29(33)25-11-4-9-23(17-25)28(24-10-5-12-26(30)18-24)36-15-7-13-27(32)34-2/h4-5,9-12,17-18,21-22,28H,3,6-8,13-16,19-20H2,1-2H3,(H,31,33)/t21-,22-,28-/m1/s1.